The molecule has 3 nitrogen and oxygen atoms in total. The Morgan fingerprint density at radius 1 is 1.40 bits per heavy atom. The molecule has 0 saturated carbocycles. The van der Waals surface area contributed by atoms with Gasteiger partial charge in [-0.2, -0.15) is 0 Å². The van der Waals surface area contributed by atoms with E-state index in [-0.39, 0.29) is 11.3 Å². The molecule has 0 aliphatic carbocycles. The van der Waals surface area contributed by atoms with E-state index in [2.05, 4.69) is 39.6 Å². The van der Waals surface area contributed by atoms with Crippen LogP contribution in [0, 0.1) is 5.41 Å². The molecule has 0 spiro atoms. The van der Waals surface area contributed by atoms with Crippen LogP contribution in [-0.4, -0.2) is 35.1 Å². The van der Waals surface area contributed by atoms with Gasteiger partial charge in [-0.05, 0) is 25.7 Å². The minimum atomic E-state index is 0.229. The van der Waals surface area contributed by atoms with Gasteiger partial charge in [0.15, 0.2) is 0 Å². The van der Waals surface area contributed by atoms with Crippen LogP contribution in [0.15, 0.2) is 0 Å². The van der Waals surface area contributed by atoms with Gasteiger partial charge in [-0.25, -0.2) is 5.01 Å². The highest BCUT2D eigenvalue weighted by molar-refractivity contribution is 5.77. The summed E-state index contributed by atoms with van der Waals surface area (Å²) >= 11 is 0. The van der Waals surface area contributed by atoms with E-state index >= 15 is 0 Å². The summed E-state index contributed by atoms with van der Waals surface area (Å²) in [5.41, 5.74) is 0.229. The predicted octanol–water partition coefficient (Wildman–Crippen LogP) is 2.28. The van der Waals surface area contributed by atoms with Crippen molar-refractivity contribution in [3.8, 4) is 0 Å². The van der Waals surface area contributed by atoms with Crippen molar-refractivity contribution in [2.24, 2.45) is 5.41 Å². The number of hydrogen-bond donors (Lipinski definition) is 0. The second-order valence-corrected chi connectivity index (χ2v) is 5.87. The van der Waals surface area contributed by atoms with Crippen molar-refractivity contribution < 1.29 is 4.79 Å². The molecule has 3 heteroatoms. The Labute approximate surface area is 93.4 Å². The second kappa shape index (κ2) is 4.52. The second-order valence-electron chi connectivity index (χ2n) is 5.87. The van der Waals surface area contributed by atoms with E-state index in [0.29, 0.717) is 12.5 Å². The van der Waals surface area contributed by atoms with Crippen LogP contribution in [0.2, 0.25) is 0 Å². The van der Waals surface area contributed by atoms with E-state index < -0.39 is 0 Å². The molecule has 0 unspecified atom stereocenters. The summed E-state index contributed by atoms with van der Waals surface area (Å²) in [7, 11) is 0. The number of nitrogens with zero attached hydrogens (tertiary/aromatic N) is 2. The Balaban J connectivity index is 2.69. The van der Waals surface area contributed by atoms with Crippen molar-refractivity contribution in [2.75, 3.05) is 13.1 Å². The monoisotopic (exact) mass is 212 g/mol. The van der Waals surface area contributed by atoms with E-state index in [0.717, 1.165) is 19.5 Å². The molecule has 1 aliphatic heterocycles. The molecule has 1 amide bonds. The predicted molar refractivity (Wildman–Crippen MR) is 62.2 cm³/mol. The van der Waals surface area contributed by atoms with E-state index in [9.17, 15) is 4.79 Å². The molecule has 1 saturated heterocycles. The van der Waals surface area contributed by atoms with E-state index in [1.807, 2.05) is 5.01 Å². The van der Waals surface area contributed by atoms with Crippen LogP contribution in [0.3, 0.4) is 0 Å². The molecule has 15 heavy (non-hydrogen) atoms. The Hall–Kier alpha value is -0.570. The summed E-state index contributed by atoms with van der Waals surface area (Å²) in [5, 5.41) is 4.16. The zero-order chi connectivity index (χ0) is 11.6. The third-order valence-electron chi connectivity index (χ3n) is 2.59. The molecular weight excluding hydrogens is 188 g/mol. The van der Waals surface area contributed by atoms with Crippen LogP contribution >= 0.6 is 0 Å². The summed E-state index contributed by atoms with van der Waals surface area (Å²) in [4.78, 5) is 11.7. The highest BCUT2D eigenvalue weighted by Crippen LogP contribution is 2.22. The summed E-state index contributed by atoms with van der Waals surface area (Å²) in [6.07, 6.45) is 1.72. The fourth-order valence-corrected chi connectivity index (χ4v) is 1.94. The van der Waals surface area contributed by atoms with Crippen molar-refractivity contribution in [2.45, 2.75) is 53.5 Å². The minimum Gasteiger partial charge on any atom is -0.275 e. The molecular formula is C12H24N2O. The Bertz CT molecular complexity index is 230. The molecule has 1 heterocycles. The van der Waals surface area contributed by atoms with Crippen LogP contribution in [0.5, 0.6) is 0 Å². The van der Waals surface area contributed by atoms with Gasteiger partial charge in [-0.3, -0.25) is 9.80 Å². The zero-order valence-electron chi connectivity index (χ0n) is 10.7. The maximum atomic E-state index is 11.7. The zero-order valence-corrected chi connectivity index (χ0v) is 10.7. The Morgan fingerprint density at radius 2 is 2.00 bits per heavy atom. The number of rotatable bonds is 3. The van der Waals surface area contributed by atoms with Gasteiger partial charge < -0.3 is 0 Å². The van der Waals surface area contributed by atoms with Crippen molar-refractivity contribution in [3.63, 3.8) is 0 Å². The molecule has 0 aromatic heterocycles. The normalized spacial score (nSPS) is 18.3. The first-order valence-electron chi connectivity index (χ1n) is 5.88. The van der Waals surface area contributed by atoms with Gasteiger partial charge in [0.1, 0.15) is 0 Å². The lowest BCUT2D eigenvalue weighted by Gasteiger charge is -2.39. The summed E-state index contributed by atoms with van der Waals surface area (Å²) in [6.45, 7) is 12.8. The first-order valence-corrected chi connectivity index (χ1v) is 5.88. The van der Waals surface area contributed by atoms with Gasteiger partial charge in [0.05, 0.1) is 0 Å². The van der Waals surface area contributed by atoms with Crippen molar-refractivity contribution in [1.82, 2.24) is 10.0 Å². The largest absolute Gasteiger partial charge is 0.275 e. The van der Waals surface area contributed by atoms with E-state index in [1.165, 1.54) is 0 Å². The van der Waals surface area contributed by atoms with Crippen LogP contribution in [0.4, 0.5) is 0 Å². The molecule has 1 aliphatic rings. The SMILES string of the molecule is CC(C)N(CC(C)(C)C)N1CCCC1=O. The molecule has 0 aromatic carbocycles. The third kappa shape index (κ3) is 3.49. The van der Waals surface area contributed by atoms with Crippen LogP contribution in [-0.2, 0) is 4.79 Å². The minimum absolute atomic E-state index is 0.229. The van der Waals surface area contributed by atoms with Crippen LogP contribution < -0.4 is 0 Å². The van der Waals surface area contributed by atoms with E-state index in [4.69, 9.17) is 0 Å². The van der Waals surface area contributed by atoms with Gasteiger partial charge in [0.2, 0.25) is 5.91 Å². The average molecular weight is 212 g/mol. The average Bonchev–Trinajstić information content (AvgIpc) is 2.45. The number of amides is 1. The lowest BCUT2D eigenvalue weighted by Crippen LogP contribution is -2.50. The molecule has 0 atom stereocenters. The van der Waals surface area contributed by atoms with Gasteiger partial charge in [0, 0.05) is 25.6 Å². The van der Waals surface area contributed by atoms with Gasteiger partial charge in [0.25, 0.3) is 0 Å². The van der Waals surface area contributed by atoms with Gasteiger partial charge >= 0.3 is 0 Å². The fraction of sp³-hybridized carbons (Fsp3) is 0.917. The molecule has 0 bridgehead atoms. The molecule has 88 valence electrons. The Morgan fingerprint density at radius 3 is 2.33 bits per heavy atom. The number of hydrogen-bond acceptors (Lipinski definition) is 2. The van der Waals surface area contributed by atoms with Gasteiger partial charge in [-0.1, -0.05) is 20.8 Å². The van der Waals surface area contributed by atoms with Crippen LogP contribution in [0.1, 0.15) is 47.5 Å². The number of carbonyl (C=O) groups excluding carboxylic acids is 1. The van der Waals surface area contributed by atoms with Crippen molar-refractivity contribution >= 4 is 5.91 Å². The van der Waals surface area contributed by atoms with Crippen molar-refractivity contribution in [1.29, 1.82) is 0 Å². The lowest BCUT2D eigenvalue weighted by molar-refractivity contribution is -0.149. The maximum Gasteiger partial charge on any atom is 0.236 e. The fourth-order valence-electron chi connectivity index (χ4n) is 1.94. The number of carbonyl (C=O) groups is 1. The first kappa shape index (κ1) is 12.5. The standard InChI is InChI=1S/C12H24N2O/c1-10(2)14(9-12(3,4)5)13-8-6-7-11(13)15/h10H,6-9H2,1-5H3. The number of hydrazine groups is 1. The Kier molecular flexibility index (Phi) is 3.77. The topological polar surface area (TPSA) is 23.6 Å². The maximum absolute atomic E-state index is 11.7. The molecule has 0 radical (unpaired) electrons. The van der Waals surface area contributed by atoms with E-state index in [1.54, 1.807) is 0 Å². The van der Waals surface area contributed by atoms with Gasteiger partial charge in [-0.15, -0.1) is 0 Å². The highest BCUT2D eigenvalue weighted by Gasteiger charge is 2.30. The lowest BCUT2D eigenvalue weighted by atomic mass is 9.96. The summed E-state index contributed by atoms with van der Waals surface area (Å²) in [6, 6.07) is 0.395. The molecule has 0 aromatic rings. The quantitative estimate of drug-likeness (QED) is 0.716. The molecule has 1 fully saturated rings. The third-order valence-corrected chi connectivity index (χ3v) is 2.59. The molecule has 1 rings (SSSR count). The summed E-state index contributed by atoms with van der Waals surface area (Å²) < 4.78 is 0. The first-order chi connectivity index (χ1) is 6.81. The van der Waals surface area contributed by atoms with Crippen molar-refractivity contribution in [3.05, 3.63) is 0 Å². The highest BCUT2D eigenvalue weighted by atomic mass is 16.2. The summed E-state index contributed by atoms with van der Waals surface area (Å²) in [5.74, 6) is 0.285. The van der Waals surface area contributed by atoms with Crippen LogP contribution in [0.25, 0.3) is 0 Å². The smallest absolute Gasteiger partial charge is 0.236 e. The molecule has 0 N–H and O–H groups in total.